The van der Waals surface area contributed by atoms with Gasteiger partial charge in [-0.15, -0.1) is 11.3 Å². The molecule has 2 N–H and O–H groups in total. The predicted octanol–water partition coefficient (Wildman–Crippen LogP) is 3.08. The summed E-state index contributed by atoms with van der Waals surface area (Å²) in [4.78, 5) is 15.7. The highest BCUT2D eigenvalue weighted by atomic mass is 32.1. The molecule has 1 unspecified atom stereocenters. The minimum Gasteiger partial charge on any atom is -0.334 e. The van der Waals surface area contributed by atoms with Gasteiger partial charge in [0.25, 0.3) is 5.91 Å². The van der Waals surface area contributed by atoms with E-state index in [1.54, 1.807) is 16.2 Å². The van der Waals surface area contributed by atoms with Crippen LogP contribution < -0.4 is 5.73 Å². The molecule has 0 bridgehead atoms. The number of thiophene rings is 1. The lowest BCUT2D eigenvalue weighted by atomic mass is 10.0. The van der Waals surface area contributed by atoms with E-state index in [1.165, 1.54) is 4.88 Å². The first-order chi connectivity index (χ1) is 9.65. The summed E-state index contributed by atoms with van der Waals surface area (Å²) in [7, 11) is 1.85. The van der Waals surface area contributed by atoms with Crippen LogP contribution in [0.3, 0.4) is 0 Å². The van der Waals surface area contributed by atoms with Gasteiger partial charge in [-0.25, -0.2) is 0 Å². The van der Waals surface area contributed by atoms with Crippen LogP contribution in [0.5, 0.6) is 0 Å². The summed E-state index contributed by atoms with van der Waals surface area (Å²) in [6.07, 6.45) is 0.725. The molecule has 0 radical (unpaired) electrons. The van der Waals surface area contributed by atoms with Gasteiger partial charge in [0.05, 0.1) is 6.04 Å². The molecule has 1 amide bonds. The molecule has 0 aliphatic rings. The minimum absolute atomic E-state index is 0.0509. The van der Waals surface area contributed by atoms with Gasteiger partial charge in [0.15, 0.2) is 0 Å². The standard InChI is InChI=1S/C16H20N2OS/c1-12(15-8-5-11-20-15)18(2)16(19)14-7-4-3-6-13(14)9-10-17/h3-8,11-12H,9-10,17H2,1-2H3. The third-order valence-electron chi connectivity index (χ3n) is 3.52. The van der Waals surface area contributed by atoms with Crippen molar-refractivity contribution in [3.05, 3.63) is 57.8 Å². The Kier molecular flexibility index (Phi) is 4.93. The number of hydrogen-bond acceptors (Lipinski definition) is 3. The molecule has 3 nitrogen and oxygen atoms in total. The first kappa shape index (κ1) is 14.8. The van der Waals surface area contributed by atoms with Crippen LogP contribution in [0.2, 0.25) is 0 Å². The first-order valence-corrected chi connectivity index (χ1v) is 7.61. The van der Waals surface area contributed by atoms with E-state index in [2.05, 4.69) is 13.0 Å². The van der Waals surface area contributed by atoms with Crippen molar-refractivity contribution in [2.24, 2.45) is 5.73 Å². The summed E-state index contributed by atoms with van der Waals surface area (Å²) in [5.41, 5.74) is 7.39. The Bertz CT molecular complexity index is 566. The van der Waals surface area contributed by atoms with Gasteiger partial charge in [-0.05, 0) is 43.0 Å². The molecule has 1 atom stereocenters. The minimum atomic E-state index is 0.0509. The van der Waals surface area contributed by atoms with Crippen LogP contribution in [0.4, 0.5) is 0 Å². The summed E-state index contributed by atoms with van der Waals surface area (Å²) < 4.78 is 0. The van der Waals surface area contributed by atoms with E-state index in [1.807, 2.05) is 42.8 Å². The molecule has 1 aromatic heterocycles. The number of benzene rings is 1. The molecule has 0 aliphatic carbocycles. The number of amides is 1. The summed E-state index contributed by atoms with van der Waals surface area (Å²) in [5.74, 6) is 0.0509. The number of nitrogens with two attached hydrogens (primary N) is 1. The molecule has 4 heteroatoms. The van der Waals surface area contributed by atoms with Gasteiger partial charge < -0.3 is 10.6 Å². The van der Waals surface area contributed by atoms with E-state index in [-0.39, 0.29) is 11.9 Å². The van der Waals surface area contributed by atoms with Crippen molar-refractivity contribution in [1.82, 2.24) is 4.90 Å². The molecule has 1 aromatic carbocycles. The highest BCUT2D eigenvalue weighted by molar-refractivity contribution is 7.10. The SMILES string of the molecule is CC(c1cccs1)N(C)C(=O)c1ccccc1CCN. The molecular weight excluding hydrogens is 268 g/mol. The van der Waals surface area contributed by atoms with Gasteiger partial charge >= 0.3 is 0 Å². The maximum absolute atomic E-state index is 12.7. The maximum atomic E-state index is 12.7. The largest absolute Gasteiger partial charge is 0.334 e. The molecule has 0 aliphatic heterocycles. The van der Waals surface area contributed by atoms with Crippen LogP contribution in [-0.4, -0.2) is 24.4 Å². The molecule has 1 heterocycles. The van der Waals surface area contributed by atoms with E-state index in [0.717, 1.165) is 17.5 Å². The van der Waals surface area contributed by atoms with Crippen LogP contribution in [0.1, 0.15) is 33.8 Å². The second kappa shape index (κ2) is 6.68. The summed E-state index contributed by atoms with van der Waals surface area (Å²) in [6.45, 7) is 2.60. The Morgan fingerprint density at radius 1 is 1.30 bits per heavy atom. The average molecular weight is 288 g/mol. The Balaban J connectivity index is 2.22. The monoisotopic (exact) mass is 288 g/mol. The zero-order chi connectivity index (χ0) is 14.5. The van der Waals surface area contributed by atoms with Crippen molar-refractivity contribution in [2.45, 2.75) is 19.4 Å². The molecule has 0 saturated carbocycles. The molecule has 0 saturated heterocycles. The van der Waals surface area contributed by atoms with Gasteiger partial charge in [0, 0.05) is 17.5 Å². The molecule has 0 fully saturated rings. The van der Waals surface area contributed by atoms with E-state index in [0.29, 0.717) is 6.54 Å². The Hall–Kier alpha value is -1.65. The summed E-state index contributed by atoms with van der Waals surface area (Å²) in [6, 6.07) is 11.9. The van der Waals surface area contributed by atoms with E-state index < -0.39 is 0 Å². The van der Waals surface area contributed by atoms with Crippen LogP contribution in [0, 0.1) is 0 Å². The number of carbonyl (C=O) groups is 1. The smallest absolute Gasteiger partial charge is 0.254 e. The van der Waals surface area contributed by atoms with Gasteiger partial charge in [0.2, 0.25) is 0 Å². The molecule has 0 spiro atoms. The van der Waals surface area contributed by atoms with Crippen molar-refractivity contribution in [2.75, 3.05) is 13.6 Å². The van der Waals surface area contributed by atoms with Gasteiger partial charge in [-0.2, -0.15) is 0 Å². The van der Waals surface area contributed by atoms with Crippen LogP contribution in [0.15, 0.2) is 41.8 Å². The third kappa shape index (κ3) is 3.08. The third-order valence-corrected chi connectivity index (χ3v) is 4.56. The van der Waals surface area contributed by atoms with Gasteiger partial charge in [-0.3, -0.25) is 4.79 Å². The number of carbonyl (C=O) groups excluding carboxylic acids is 1. The van der Waals surface area contributed by atoms with E-state index in [4.69, 9.17) is 5.73 Å². The van der Waals surface area contributed by atoms with Crippen molar-refractivity contribution >= 4 is 17.2 Å². The average Bonchev–Trinajstić information content (AvgIpc) is 3.00. The molecule has 2 aromatic rings. The highest BCUT2D eigenvalue weighted by Gasteiger charge is 2.21. The second-order valence-electron chi connectivity index (χ2n) is 4.80. The molecule has 106 valence electrons. The van der Waals surface area contributed by atoms with Gasteiger partial charge in [-0.1, -0.05) is 24.3 Å². The molecular formula is C16H20N2OS. The van der Waals surface area contributed by atoms with E-state index in [9.17, 15) is 4.79 Å². The van der Waals surface area contributed by atoms with Crippen molar-refractivity contribution in [3.63, 3.8) is 0 Å². The molecule has 2 rings (SSSR count). The van der Waals surface area contributed by atoms with Crippen LogP contribution in [-0.2, 0) is 6.42 Å². The highest BCUT2D eigenvalue weighted by Crippen LogP contribution is 2.25. The normalized spacial score (nSPS) is 12.2. The molecule has 20 heavy (non-hydrogen) atoms. The fourth-order valence-corrected chi connectivity index (χ4v) is 3.01. The summed E-state index contributed by atoms with van der Waals surface area (Å²) in [5, 5.41) is 2.03. The first-order valence-electron chi connectivity index (χ1n) is 6.73. The number of hydrogen-bond donors (Lipinski definition) is 1. The lowest BCUT2D eigenvalue weighted by Crippen LogP contribution is -2.30. The van der Waals surface area contributed by atoms with Gasteiger partial charge in [0.1, 0.15) is 0 Å². The Labute approximate surface area is 124 Å². The topological polar surface area (TPSA) is 46.3 Å². The zero-order valence-electron chi connectivity index (χ0n) is 11.9. The van der Waals surface area contributed by atoms with E-state index >= 15 is 0 Å². The Morgan fingerprint density at radius 2 is 2.05 bits per heavy atom. The van der Waals surface area contributed by atoms with Crippen molar-refractivity contribution in [1.29, 1.82) is 0 Å². The lowest BCUT2D eigenvalue weighted by molar-refractivity contribution is 0.0744. The predicted molar refractivity (Wildman–Crippen MR) is 84.0 cm³/mol. The fourth-order valence-electron chi connectivity index (χ4n) is 2.19. The lowest BCUT2D eigenvalue weighted by Gasteiger charge is -2.25. The van der Waals surface area contributed by atoms with Crippen LogP contribution >= 0.6 is 11.3 Å². The fraction of sp³-hybridized carbons (Fsp3) is 0.312. The van der Waals surface area contributed by atoms with Crippen molar-refractivity contribution < 1.29 is 4.79 Å². The number of nitrogens with zero attached hydrogens (tertiary/aromatic N) is 1. The van der Waals surface area contributed by atoms with Crippen molar-refractivity contribution in [3.8, 4) is 0 Å². The Morgan fingerprint density at radius 3 is 2.70 bits per heavy atom. The zero-order valence-corrected chi connectivity index (χ0v) is 12.7. The second-order valence-corrected chi connectivity index (χ2v) is 5.78. The number of rotatable bonds is 5. The quantitative estimate of drug-likeness (QED) is 0.919. The van der Waals surface area contributed by atoms with Crippen LogP contribution in [0.25, 0.3) is 0 Å². The maximum Gasteiger partial charge on any atom is 0.254 e. The summed E-state index contributed by atoms with van der Waals surface area (Å²) >= 11 is 1.67.